The highest BCUT2D eigenvalue weighted by atomic mass is 35.5. The van der Waals surface area contributed by atoms with Crippen LogP contribution in [0.1, 0.15) is 24.0 Å². The summed E-state index contributed by atoms with van der Waals surface area (Å²) in [4.78, 5) is 11.5. The van der Waals surface area contributed by atoms with Crippen molar-refractivity contribution in [2.24, 2.45) is 11.1 Å². The molecule has 0 heterocycles. The van der Waals surface area contributed by atoms with Crippen LogP contribution in [0.4, 0.5) is 0 Å². The van der Waals surface area contributed by atoms with Crippen molar-refractivity contribution in [2.45, 2.75) is 19.4 Å². The first-order valence-corrected chi connectivity index (χ1v) is 6.26. The van der Waals surface area contributed by atoms with Crippen molar-refractivity contribution in [1.82, 2.24) is 5.32 Å². The van der Waals surface area contributed by atoms with Crippen LogP contribution < -0.4 is 5.32 Å². The maximum Gasteiger partial charge on any atom is 0.223 e. The predicted molar refractivity (Wildman–Crippen MR) is 70.6 cm³/mol. The number of carbonyl (C=O) groups is 1. The minimum atomic E-state index is 0.104. The van der Waals surface area contributed by atoms with Gasteiger partial charge in [-0.25, -0.2) is 0 Å². The number of amides is 1. The average molecular weight is 287 g/mol. The van der Waals surface area contributed by atoms with Crippen LogP contribution in [0.25, 0.3) is 0 Å². The highest BCUT2D eigenvalue weighted by molar-refractivity contribution is 6.31. The van der Waals surface area contributed by atoms with Crippen molar-refractivity contribution in [3.8, 4) is 0 Å². The number of nitrogens with one attached hydrogen (secondary N) is 1. The fourth-order valence-electron chi connectivity index (χ4n) is 1.54. The fraction of sp³-hybridized carbons (Fsp3) is 0.333. The quantitative estimate of drug-likeness (QED) is 0.668. The Hall–Kier alpha value is -1.26. The first-order valence-electron chi connectivity index (χ1n) is 5.58. The zero-order valence-electron chi connectivity index (χ0n) is 9.53. The molecule has 1 saturated carbocycles. The summed E-state index contributed by atoms with van der Waals surface area (Å²) >= 11 is 11.1. The van der Waals surface area contributed by atoms with Gasteiger partial charge in [-0.15, -0.1) is 0 Å². The lowest BCUT2D eigenvalue weighted by Gasteiger charge is -2.07. The van der Waals surface area contributed by atoms with Crippen molar-refractivity contribution < 1.29 is 9.18 Å². The van der Waals surface area contributed by atoms with Crippen molar-refractivity contribution in [3.05, 3.63) is 34.3 Å². The van der Waals surface area contributed by atoms with Gasteiger partial charge in [0.1, 0.15) is 0 Å². The number of halogens is 2. The lowest BCUT2D eigenvalue weighted by Crippen LogP contribution is -2.24. The molecule has 0 bridgehead atoms. The van der Waals surface area contributed by atoms with Crippen LogP contribution in [0.2, 0.25) is 5.02 Å². The molecule has 1 aromatic carbocycles. The molecular formula is C12H12Cl2N2O2. The molecule has 4 nitrogen and oxygen atoms in total. The zero-order chi connectivity index (χ0) is 13.0. The summed E-state index contributed by atoms with van der Waals surface area (Å²) in [6, 6.07) is 5.40. The number of oxime groups is 1. The van der Waals surface area contributed by atoms with E-state index in [0.29, 0.717) is 11.6 Å². The molecule has 1 fully saturated rings. The third kappa shape index (κ3) is 3.62. The van der Waals surface area contributed by atoms with Crippen LogP contribution in [-0.4, -0.2) is 12.1 Å². The zero-order valence-corrected chi connectivity index (χ0v) is 11.0. The molecule has 1 aromatic rings. The SMILES string of the molecule is O=C(NCc1ccc(C=NOCl)cc1Cl)C1CC1. The second-order valence-electron chi connectivity index (χ2n) is 4.15. The highest BCUT2D eigenvalue weighted by Crippen LogP contribution is 2.29. The molecule has 0 aromatic heterocycles. The Bertz CT molecular complexity index is 473. The van der Waals surface area contributed by atoms with Gasteiger partial charge in [0, 0.05) is 17.5 Å². The summed E-state index contributed by atoms with van der Waals surface area (Å²) in [6.07, 6.45) is 3.44. The second-order valence-corrected chi connectivity index (χ2v) is 4.69. The van der Waals surface area contributed by atoms with Crippen LogP contribution in [0, 0.1) is 5.92 Å². The smallest absolute Gasteiger partial charge is 0.223 e. The largest absolute Gasteiger partial charge is 0.352 e. The van der Waals surface area contributed by atoms with Crippen LogP contribution in [0.3, 0.4) is 0 Å². The number of nitrogens with zero attached hydrogens (tertiary/aromatic N) is 1. The van der Waals surface area contributed by atoms with Crippen molar-refractivity contribution in [1.29, 1.82) is 0 Å². The van der Waals surface area contributed by atoms with Gasteiger partial charge in [-0.05, 0) is 30.0 Å². The summed E-state index contributed by atoms with van der Waals surface area (Å²) in [5.74, 6) is 0.309. The average Bonchev–Trinajstić information content (AvgIpc) is 3.19. The summed E-state index contributed by atoms with van der Waals surface area (Å²) < 4.78 is 4.07. The Morgan fingerprint density at radius 2 is 2.33 bits per heavy atom. The van der Waals surface area contributed by atoms with Crippen molar-refractivity contribution >= 4 is 35.6 Å². The maximum atomic E-state index is 11.5. The summed E-state index contributed by atoms with van der Waals surface area (Å²) in [6.45, 7) is 0.442. The number of carbonyl (C=O) groups excluding carboxylic acids is 1. The Kier molecular flexibility index (Phi) is 4.44. The van der Waals surface area contributed by atoms with Crippen LogP contribution >= 0.6 is 23.5 Å². The number of hydrogen-bond acceptors (Lipinski definition) is 3. The first-order chi connectivity index (χ1) is 8.70. The van der Waals surface area contributed by atoms with E-state index >= 15 is 0 Å². The molecule has 1 aliphatic rings. The standard InChI is InChI=1S/C12H12Cl2N2O2/c13-11-5-8(6-16-18-14)1-2-10(11)7-15-12(17)9-3-4-9/h1-2,5-6,9H,3-4,7H2,(H,15,17). The summed E-state index contributed by atoms with van der Waals surface area (Å²) in [5, 5.41) is 6.87. The minimum Gasteiger partial charge on any atom is -0.352 e. The number of hydrogen-bond donors (Lipinski definition) is 1. The highest BCUT2D eigenvalue weighted by Gasteiger charge is 2.29. The maximum absolute atomic E-state index is 11.5. The molecule has 1 aliphatic carbocycles. The Morgan fingerprint density at radius 3 is 2.94 bits per heavy atom. The Balaban J connectivity index is 1.95. The van der Waals surface area contributed by atoms with E-state index < -0.39 is 0 Å². The van der Waals surface area contributed by atoms with Gasteiger partial charge in [0.05, 0.1) is 6.21 Å². The number of benzene rings is 1. The first kappa shape index (κ1) is 13.2. The molecule has 0 atom stereocenters. The van der Waals surface area contributed by atoms with Gasteiger partial charge in [-0.1, -0.05) is 28.9 Å². The second kappa shape index (κ2) is 6.07. The van der Waals surface area contributed by atoms with Gasteiger partial charge in [0.15, 0.2) is 11.9 Å². The van der Waals surface area contributed by atoms with E-state index in [1.54, 1.807) is 6.07 Å². The Morgan fingerprint density at radius 1 is 1.56 bits per heavy atom. The van der Waals surface area contributed by atoms with Gasteiger partial charge in [0.2, 0.25) is 5.91 Å². The van der Waals surface area contributed by atoms with Gasteiger partial charge >= 0.3 is 0 Å². The molecule has 1 N–H and O–H groups in total. The number of rotatable bonds is 5. The van der Waals surface area contributed by atoms with Crippen molar-refractivity contribution in [2.75, 3.05) is 0 Å². The van der Waals surface area contributed by atoms with Crippen LogP contribution in [0.5, 0.6) is 0 Å². The van der Waals surface area contributed by atoms with Crippen molar-refractivity contribution in [3.63, 3.8) is 0 Å². The monoisotopic (exact) mass is 286 g/mol. The third-order valence-electron chi connectivity index (χ3n) is 2.72. The van der Waals surface area contributed by atoms with Crippen LogP contribution in [0.15, 0.2) is 23.4 Å². The molecule has 6 heteroatoms. The molecule has 2 rings (SSSR count). The van der Waals surface area contributed by atoms with Crippen LogP contribution in [-0.2, 0) is 15.7 Å². The summed E-state index contributed by atoms with van der Waals surface area (Å²) in [5.41, 5.74) is 1.65. The van der Waals surface area contributed by atoms with E-state index in [4.69, 9.17) is 23.5 Å². The molecule has 96 valence electrons. The lowest BCUT2D eigenvalue weighted by molar-refractivity contribution is -0.122. The molecule has 0 aliphatic heterocycles. The third-order valence-corrected chi connectivity index (χ3v) is 3.15. The van der Waals surface area contributed by atoms with E-state index in [9.17, 15) is 4.79 Å². The molecule has 0 saturated heterocycles. The minimum absolute atomic E-state index is 0.104. The van der Waals surface area contributed by atoms with E-state index in [-0.39, 0.29) is 11.8 Å². The molecule has 0 unspecified atom stereocenters. The molecule has 0 radical (unpaired) electrons. The molecule has 0 spiro atoms. The van der Waals surface area contributed by atoms with Gasteiger partial charge in [0.25, 0.3) is 0 Å². The fourth-order valence-corrected chi connectivity index (χ4v) is 1.84. The molecule has 1 amide bonds. The van der Waals surface area contributed by atoms with Gasteiger partial charge < -0.3 is 5.32 Å². The van der Waals surface area contributed by atoms with E-state index in [0.717, 1.165) is 24.0 Å². The topological polar surface area (TPSA) is 50.7 Å². The predicted octanol–water partition coefficient (Wildman–Crippen LogP) is 2.87. The van der Waals surface area contributed by atoms with E-state index in [1.807, 2.05) is 12.1 Å². The van der Waals surface area contributed by atoms with E-state index in [1.165, 1.54) is 6.21 Å². The Labute approximate surface area is 115 Å². The molecule has 18 heavy (non-hydrogen) atoms. The molecular weight excluding hydrogens is 275 g/mol. The van der Waals surface area contributed by atoms with Gasteiger partial charge in [-0.2, -0.15) is 0 Å². The van der Waals surface area contributed by atoms with Gasteiger partial charge in [-0.3, -0.25) is 9.18 Å². The lowest BCUT2D eigenvalue weighted by atomic mass is 10.1. The van der Waals surface area contributed by atoms with E-state index in [2.05, 4.69) is 14.9 Å². The summed E-state index contributed by atoms with van der Waals surface area (Å²) in [7, 11) is 0. The normalized spacial score (nSPS) is 14.8.